The molecule has 0 saturated heterocycles. The molecule has 0 spiro atoms. The maximum absolute atomic E-state index is 12.8. The van der Waals surface area contributed by atoms with Gasteiger partial charge in [-0.05, 0) is 19.9 Å². The van der Waals surface area contributed by atoms with E-state index in [-0.39, 0.29) is 6.42 Å². The second kappa shape index (κ2) is 4.98. The van der Waals surface area contributed by atoms with Gasteiger partial charge >= 0.3 is 0 Å². The van der Waals surface area contributed by atoms with Crippen LogP contribution in [0.4, 0.5) is 8.78 Å². The summed E-state index contributed by atoms with van der Waals surface area (Å²) in [6.07, 6.45) is 1.31. The van der Waals surface area contributed by atoms with Crippen LogP contribution >= 0.6 is 11.3 Å². The minimum atomic E-state index is -2.58. The first kappa shape index (κ1) is 12.9. The fourth-order valence-electron chi connectivity index (χ4n) is 2.01. The number of alkyl halides is 2. The highest BCUT2D eigenvalue weighted by Gasteiger charge is 2.23. The van der Waals surface area contributed by atoms with Crippen LogP contribution in [0.15, 0.2) is 0 Å². The number of likely N-dealkylation sites (N-methyl/N-ethyl adjacent to an activating group) is 1. The van der Waals surface area contributed by atoms with Gasteiger partial charge < -0.3 is 0 Å². The van der Waals surface area contributed by atoms with E-state index in [9.17, 15) is 8.78 Å². The van der Waals surface area contributed by atoms with Crippen molar-refractivity contribution in [2.75, 3.05) is 13.1 Å². The number of halogens is 2. The molecule has 2 rings (SSSR count). The lowest BCUT2D eigenvalue weighted by Crippen LogP contribution is -2.29. The summed E-state index contributed by atoms with van der Waals surface area (Å²) in [6, 6.07) is 0. The smallest absolute Gasteiger partial charge is 0.245 e. The van der Waals surface area contributed by atoms with Crippen molar-refractivity contribution in [3.63, 3.8) is 0 Å². The first-order valence-electron chi connectivity index (χ1n) is 6.05. The molecule has 0 saturated carbocycles. The summed E-state index contributed by atoms with van der Waals surface area (Å²) in [5, 5.41) is 0.870. The summed E-state index contributed by atoms with van der Waals surface area (Å²) < 4.78 is 25.6. The van der Waals surface area contributed by atoms with Crippen LogP contribution in [-0.2, 0) is 19.4 Å². The Labute approximate surface area is 105 Å². The number of thiazole rings is 1. The van der Waals surface area contributed by atoms with Crippen molar-refractivity contribution < 1.29 is 8.78 Å². The molecule has 17 heavy (non-hydrogen) atoms. The molecule has 1 aromatic heterocycles. The third kappa shape index (κ3) is 3.45. The number of nitrogens with zero attached hydrogens (tertiary/aromatic N) is 2. The van der Waals surface area contributed by atoms with Crippen molar-refractivity contribution in [3.05, 3.63) is 15.6 Å². The Kier molecular flexibility index (Phi) is 3.78. The van der Waals surface area contributed by atoms with Gasteiger partial charge in [-0.3, -0.25) is 4.90 Å². The van der Waals surface area contributed by atoms with Gasteiger partial charge in [0.15, 0.2) is 0 Å². The Morgan fingerprint density at radius 1 is 1.47 bits per heavy atom. The second-order valence-corrected chi connectivity index (χ2v) is 5.83. The molecule has 0 fully saturated rings. The van der Waals surface area contributed by atoms with Crippen molar-refractivity contribution >= 4 is 11.3 Å². The molecule has 1 aromatic rings. The molecule has 0 radical (unpaired) electrons. The number of hydrogen-bond donors (Lipinski definition) is 0. The van der Waals surface area contributed by atoms with E-state index in [1.807, 2.05) is 0 Å². The van der Waals surface area contributed by atoms with Crippen LogP contribution < -0.4 is 0 Å². The molecule has 0 unspecified atom stereocenters. The molecule has 0 aromatic carbocycles. The Morgan fingerprint density at radius 2 is 2.24 bits per heavy atom. The van der Waals surface area contributed by atoms with Crippen molar-refractivity contribution in [2.45, 2.75) is 45.6 Å². The lowest BCUT2D eigenvalue weighted by molar-refractivity contribution is 0.0133. The van der Waals surface area contributed by atoms with Crippen molar-refractivity contribution in [1.82, 2.24) is 9.88 Å². The molecule has 0 amide bonds. The minimum absolute atomic E-state index is 0.100. The number of aryl methyl sites for hydroxylation is 1. The molecular formula is C12H18F2N2S. The van der Waals surface area contributed by atoms with Crippen molar-refractivity contribution in [3.8, 4) is 0 Å². The van der Waals surface area contributed by atoms with Gasteiger partial charge in [0.2, 0.25) is 5.92 Å². The van der Waals surface area contributed by atoms with Crippen molar-refractivity contribution in [2.24, 2.45) is 0 Å². The summed E-state index contributed by atoms with van der Waals surface area (Å²) >= 11 is 1.62. The molecule has 0 N–H and O–H groups in total. The van der Waals surface area contributed by atoms with E-state index in [1.165, 1.54) is 4.88 Å². The minimum Gasteiger partial charge on any atom is -0.297 e. The number of fused-ring (bicyclic) bond motifs is 1. The average Bonchev–Trinajstić information content (AvgIpc) is 2.66. The third-order valence-corrected chi connectivity index (χ3v) is 4.29. The van der Waals surface area contributed by atoms with Crippen LogP contribution in [0, 0.1) is 0 Å². The molecule has 2 heterocycles. The monoisotopic (exact) mass is 260 g/mol. The highest BCUT2D eigenvalue weighted by Crippen LogP contribution is 2.27. The van der Waals surface area contributed by atoms with E-state index in [1.54, 1.807) is 11.3 Å². The predicted molar refractivity (Wildman–Crippen MR) is 65.7 cm³/mol. The van der Waals surface area contributed by atoms with Crippen molar-refractivity contribution in [1.29, 1.82) is 0 Å². The van der Waals surface area contributed by atoms with E-state index >= 15 is 0 Å². The highest BCUT2D eigenvalue weighted by molar-refractivity contribution is 7.11. The Balaban J connectivity index is 2.00. The molecule has 96 valence electrons. The topological polar surface area (TPSA) is 16.1 Å². The quantitative estimate of drug-likeness (QED) is 0.827. The van der Waals surface area contributed by atoms with Crippen LogP contribution in [0.3, 0.4) is 0 Å². The maximum atomic E-state index is 12.8. The summed E-state index contributed by atoms with van der Waals surface area (Å²) in [5.41, 5.74) is 1.11. The molecule has 0 atom stereocenters. The zero-order chi connectivity index (χ0) is 12.5. The first-order chi connectivity index (χ1) is 7.98. The molecule has 2 nitrogen and oxygen atoms in total. The Bertz CT molecular complexity index is 384. The highest BCUT2D eigenvalue weighted by atomic mass is 32.1. The predicted octanol–water partition coefficient (Wildman–Crippen LogP) is 3.11. The summed E-state index contributed by atoms with van der Waals surface area (Å²) in [5.74, 6) is -2.58. The van der Waals surface area contributed by atoms with Crippen LogP contribution in [-0.4, -0.2) is 28.9 Å². The normalized spacial score (nSPS) is 17.2. The zero-order valence-corrected chi connectivity index (χ0v) is 11.1. The largest absolute Gasteiger partial charge is 0.297 e. The van der Waals surface area contributed by atoms with Gasteiger partial charge in [0.1, 0.15) is 0 Å². The molecule has 5 heteroatoms. The van der Waals surface area contributed by atoms with Crippen LogP contribution in [0.5, 0.6) is 0 Å². The summed E-state index contributed by atoms with van der Waals surface area (Å²) in [6.45, 7) is 6.08. The standard InChI is InChI=1S/C12H18F2N2S/c1-3-16-7-5-10-9(8-16)15-11(17-10)4-6-12(2,13)14/h3-8H2,1-2H3. The first-order valence-corrected chi connectivity index (χ1v) is 6.87. The number of hydrogen-bond acceptors (Lipinski definition) is 3. The zero-order valence-electron chi connectivity index (χ0n) is 10.3. The summed E-state index contributed by atoms with van der Waals surface area (Å²) in [7, 11) is 0. The lowest BCUT2D eigenvalue weighted by Gasteiger charge is -2.23. The number of aromatic nitrogens is 1. The fraction of sp³-hybridized carbons (Fsp3) is 0.750. The maximum Gasteiger partial charge on any atom is 0.245 e. The molecule has 1 aliphatic rings. The molecular weight excluding hydrogens is 242 g/mol. The van der Waals surface area contributed by atoms with E-state index in [2.05, 4.69) is 16.8 Å². The average molecular weight is 260 g/mol. The van der Waals surface area contributed by atoms with Crippen LogP contribution in [0.2, 0.25) is 0 Å². The van der Waals surface area contributed by atoms with Gasteiger partial charge in [-0.15, -0.1) is 11.3 Å². The Morgan fingerprint density at radius 3 is 2.88 bits per heavy atom. The van der Waals surface area contributed by atoms with Gasteiger partial charge in [0, 0.05) is 30.8 Å². The lowest BCUT2D eigenvalue weighted by atomic mass is 10.2. The van der Waals surface area contributed by atoms with Crippen LogP contribution in [0.1, 0.15) is 35.8 Å². The molecule has 1 aliphatic heterocycles. The van der Waals surface area contributed by atoms with Crippen LogP contribution in [0.25, 0.3) is 0 Å². The van der Waals surface area contributed by atoms with Gasteiger partial charge in [-0.2, -0.15) is 0 Å². The number of rotatable bonds is 4. The van der Waals surface area contributed by atoms with E-state index < -0.39 is 5.92 Å². The summed E-state index contributed by atoms with van der Waals surface area (Å²) in [4.78, 5) is 8.12. The van der Waals surface area contributed by atoms with E-state index in [0.717, 1.165) is 43.7 Å². The van der Waals surface area contributed by atoms with Gasteiger partial charge in [-0.1, -0.05) is 6.92 Å². The van der Waals surface area contributed by atoms with E-state index in [0.29, 0.717) is 6.42 Å². The van der Waals surface area contributed by atoms with Gasteiger partial charge in [0.25, 0.3) is 0 Å². The third-order valence-electron chi connectivity index (χ3n) is 3.08. The Hall–Kier alpha value is -0.550. The van der Waals surface area contributed by atoms with Gasteiger partial charge in [0.05, 0.1) is 10.7 Å². The molecule has 0 aliphatic carbocycles. The fourth-order valence-corrected chi connectivity index (χ4v) is 3.08. The molecule has 0 bridgehead atoms. The van der Waals surface area contributed by atoms with E-state index in [4.69, 9.17) is 0 Å². The second-order valence-electron chi connectivity index (χ2n) is 4.67. The van der Waals surface area contributed by atoms with Gasteiger partial charge in [-0.25, -0.2) is 13.8 Å². The SMILES string of the molecule is CCN1CCc2sc(CCC(C)(F)F)nc2C1.